The molecule has 1 fully saturated rings. The van der Waals surface area contributed by atoms with E-state index in [2.05, 4.69) is 10.6 Å². The first kappa shape index (κ1) is 16.9. The van der Waals surface area contributed by atoms with Gasteiger partial charge in [0.25, 0.3) is 5.91 Å². The second-order valence-corrected chi connectivity index (χ2v) is 5.79. The number of rotatable bonds is 4. The van der Waals surface area contributed by atoms with Gasteiger partial charge in [-0.15, -0.1) is 0 Å². The molecule has 1 atom stereocenters. The van der Waals surface area contributed by atoms with Crippen LogP contribution in [0.2, 0.25) is 0 Å². The van der Waals surface area contributed by atoms with Gasteiger partial charge in [-0.3, -0.25) is 9.69 Å². The molecule has 25 heavy (non-hydrogen) atoms. The molecule has 0 radical (unpaired) electrons. The summed E-state index contributed by atoms with van der Waals surface area (Å²) in [5, 5.41) is 5.33. The Morgan fingerprint density at radius 3 is 2.56 bits per heavy atom. The molecule has 3 rings (SSSR count). The molecule has 130 valence electrons. The minimum atomic E-state index is -0.674. The summed E-state index contributed by atoms with van der Waals surface area (Å²) in [5.74, 6) is -1.65. The SMILES string of the molecule is C[C@@H](NC(=O)c1cc(N2CCNC2=O)ccc1F)c1ccc(F)cc1. The van der Waals surface area contributed by atoms with Crippen LogP contribution in [0.25, 0.3) is 0 Å². The number of anilines is 1. The summed E-state index contributed by atoms with van der Waals surface area (Å²) in [6.07, 6.45) is 0. The Kier molecular flexibility index (Phi) is 4.65. The van der Waals surface area contributed by atoms with Gasteiger partial charge >= 0.3 is 6.03 Å². The molecule has 1 saturated heterocycles. The van der Waals surface area contributed by atoms with Gasteiger partial charge < -0.3 is 10.6 Å². The molecule has 3 amide bonds. The van der Waals surface area contributed by atoms with Gasteiger partial charge in [-0.2, -0.15) is 0 Å². The zero-order chi connectivity index (χ0) is 18.0. The molecule has 2 aromatic carbocycles. The average molecular weight is 345 g/mol. The third-order valence-corrected chi connectivity index (χ3v) is 4.08. The van der Waals surface area contributed by atoms with E-state index in [9.17, 15) is 18.4 Å². The second-order valence-electron chi connectivity index (χ2n) is 5.79. The van der Waals surface area contributed by atoms with E-state index >= 15 is 0 Å². The first-order valence-electron chi connectivity index (χ1n) is 7.87. The van der Waals surface area contributed by atoms with E-state index in [-0.39, 0.29) is 17.4 Å². The van der Waals surface area contributed by atoms with E-state index in [4.69, 9.17) is 0 Å². The zero-order valence-electron chi connectivity index (χ0n) is 13.6. The highest BCUT2D eigenvalue weighted by Crippen LogP contribution is 2.21. The van der Waals surface area contributed by atoms with Gasteiger partial charge in [-0.25, -0.2) is 13.6 Å². The Balaban J connectivity index is 1.79. The van der Waals surface area contributed by atoms with Crippen LogP contribution in [0.5, 0.6) is 0 Å². The normalized spacial score (nSPS) is 15.0. The van der Waals surface area contributed by atoms with Gasteiger partial charge in [0.15, 0.2) is 0 Å². The van der Waals surface area contributed by atoms with Crippen molar-refractivity contribution in [1.29, 1.82) is 0 Å². The molecule has 5 nitrogen and oxygen atoms in total. The van der Waals surface area contributed by atoms with E-state index in [0.29, 0.717) is 24.3 Å². The van der Waals surface area contributed by atoms with Gasteiger partial charge in [0.2, 0.25) is 0 Å². The van der Waals surface area contributed by atoms with Gasteiger partial charge in [-0.1, -0.05) is 12.1 Å². The standard InChI is InChI=1S/C18H17F2N3O2/c1-11(12-2-4-13(19)5-3-12)22-17(24)15-10-14(6-7-16(15)20)23-9-8-21-18(23)25/h2-7,10-11H,8-9H2,1H3,(H,21,25)(H,22,24)/t11-/m1/s1. The molecular weight excluding hydrogens is 328 g/mol. The van der Waals surface area contributed by atoms with Crippen molar-refractivity contribution in [3.05, 3.63) is 65.2 Å². The summed E-state index contributed by atoms with van der Waals surface area (Å²) in [7, 11) is 0. The lowest BCUT2D eigenvalue weighted by atomic mass is 10.1. The first-order chi connectivity index (χ1) is 12.0. The van der Waals surface area contributed by atoms with Crippen molar-refractivity contribution >= 4 is 17.6 Å². The summed E-state index contributed by atoms with van der Waals surface area (Å²) in [4.78, 5) is 25.6. The molecule has 1 aliphatic heterocycles. The Morgan fingerprint density at radius 2 is 1.92 bits per heavy atom. The van der Waals surface area contributed by atoms with Crippen molar-refractivity contribution in [2.75, 3.05) is 18.0 Å². The molecule has 2 N–H and O–H groups in total. The number of carbonyl (C=O) groups is 2. The van der Waals surface area contributed by atoms with Crippen LogP contribution >= 0.6 is 0 Å². The number of carbonyl (C=O) groups excluding carboxylic acids is 2. The average Bonchev–Trinajstić information content (AvgIpc) is 3.02. The topological polar surface area (TPSA) is 61.4 Å². The van der Waals surface area contributed by atoms with E-state index in [1.807, 2.05) is 0 Å². The molecule has 7 heteroatoms. The number of amides is 3. The highest BCUT2D eigenvalue weighted by molar-refractivity contribution is 5.98. The summed E-state index contributed by atoms with van der Waals surface area (Å²) in [6.45, 7) is 2.68. The summed E-state index contributed by atoms with van der Waals surface area (Å²) < 4.78 is 27.1. The minimum absolute atomic E-state index is 0.147. The number of urea groups is 1. The number of hydrogen-bond acceptors (Lipinski definition) is 2. The largest absolute Gasteiger partial charge is 0.345 e. The van der Waals surface area contributed by atoms with Crippen molar-refractivity contribution in [2.45, 2.75) is 13.0 Å². The van der Waals surface area contributed by atoms with E-state index in [0.717, 1.165) is 0 Å². The third-order valence-electron chi connectivity index (χ3n) is 4.08. The van der Waals surface area contributed by atoms with Crippen LogP contribution in [0.1, 0.15) is 28.9 Å². The van der Waals surface area contributed by atoms with Crippen LogP contribution in [0.4, 0.5) is 19.3 Å². The molecule has 0 spiro atoms. The Labute approximate surface area is 143 Å². The van der Waals surface area contributed by atoms with E-state index in [1.165, 1.54) is 35.2 Å². The van der Waals surface area contributed by atoms with E-state index < -0.39 is 17.8 Å². The van der Waals surface area contributed by atoms with Crippen molar-refractivity contribution in [3.63, 3.8) is 0 Å². The summed E-state index contributed by atoms with van der Waals surface area (Å²) in [6, 6.07) is 8.98. The van der Waals surface area contributed by atoms with Gasteiger partial charge in [0, 0.05) is 18.8 Å². The Morgan fingerprint density at radius 1 is 1.20 bits per heavy atom. The summed E-state index contributed by atoms with van der Waals surface area (Å²) in [5.41, 5.74) is 1.01. The summed E-state index contributed by atoms with van der Waals surface area (Å²) >= 11 is 0. The lowest BCUT2D eigenvalue weighted by molar-refractivity contribution is 0.0936. The van der Waals surface area contributed by atoms with Crippen LogP contribution in [0.15, 0.2) is 42.5 Å². The van der Waals surface area contributed by atoms with Gasteiger partial charge in [-0.05, 0) is 42.8 Å². The fourth-order valence-corrected chi connectivity index (χ4v) is 2.68. The predicted octanol–water partition coefficient (Wildman–Crippen LogP) is 2.99. The Bertz CT molecular complexity index is 808. The molecule has 0 unspecified atom stereocenters. The molecule has 0 bridgehead atoms. The maximum atomic E-state index is 14.1. The van der Waals surface area contributed by atoms with Crippen LogP contribution in [0.3, 0.4) is 0 Å². The smallest absolute Gasteiger partial charge is 0.321 e. The van der Waals surface area contributed by atoms with Crippen molar-refractivity contribution in [1.82, 2.24) is 10.6 Å². The number of halogens is 2. The number of nitrogens with one attached hydrogen (secondary N) is 2. The predicted molar refractivity (Wildman–Crippen MR) is 89.4 cm³/mol. The van der Waals surface area contributed by atoms with E-state index in [1.54, 1.807) is 19.1 Å². The zero-order valence-corrected chi connectivity index (χ0v) is 13.6. The number of hydrogen-bond donors (Lipinski definition) is 2. The Hall–Kier alpha value is -2.96. The molecule has 0 saturated carbocycles. The van der Waals surface area contributed by atoms with Gasteiger partial charge in [0.05, 0.1) is 11.6 Å². The van der Waals surface area contributed by atoms with Crippen LogP contribution < -0.4 is 15.5 Å². The second kappa shape index (κ2) is 6.88. The third kappa shape index (κ3) is 3.60. The van der Waals surface area contributed by atoms with Crippen LogP contribution in [0, 0.1) is 11.6 Å². The van der Waals surface area contributed by atoms with Crippen molar-refractivity contribution in [3.8, 4) is 0 Å². The molecule has 0 aliphatic carbocycles. The maximum absolute atomic E-state index is 14.1. The molecule has 1 heterocycles. The van der Waals surface area contributed by atoms with Crippen LogP contribution in [-0.2, 0) is 0 Å². The maximum Gasteiger partial charge on any atom is 0.321 e. The first-order valence-corrected chi connectivity index (χ1v) is 7.87. The minimum Gasteiger partial charge on any atom is -0.345 e. The monoisotopic (exact) mass is 345 g/mol. The highest BCUT2D eigenvalue weighted by Gasteiger charge is 2.23. The lowest BCUT2D eigenvalue weighted by Crippen LogP contribution is -2.30. The van der Waals surface area contributed by atoms with Crippen molar-refractivity contribution < 1.29 is 18.4 Å². The highest BCUT2D eigenvalue weighted by atomic mass is 19.1. The number of benzene rings is 2. The molecule has 2 aromatic rings. The molecule has 1 aliphatic rings. The quantitative estimate of drug-likeness (QED) is 0.895. The van der Waals surface area contributed by atoms with Gasteiger partial charge in [0.1, 0.15) is 11.6 Å². The lowest BCUT2D eigenvalue weighted by Gasteiger charge is -2.17. The van der Waals surface area contributed by atoms with Crippen molar-refractivity contribution in [2.24, 2.45) is 0 Å². The fourth-order valence-electron chi connectivity index (χ4n) is 2.68. The van der Waals surface area contributed by atoms with Crippen LogP contribution in [-0.4, -0.2) is 25.0 Å². The fraction of sp³-hybridized carbons (Fsp3) is 0.222. The number of nitrogens with zero attached hydrogens (tertiary/aromatic N) is 1. The molecular formula is C18H17F2N3O2. The molecule has 0 aromatic heterocycles.